The van der Waals surface area contributed by atoms with E-state index in [2.05, 4.69) is 16.0 Å². The lowest BCUT2D eigenvalue weighted by Crippen LogP contribution is -2.30. The number of nitrogens with one attached hydrogen (secondary N) is 3. The van der Waals surface area contributed by atoms with Crippen molar-refractivity contribution in [3.63, 3.8) is 0 Å². The highest BCUT2D eigenvalue weighted by atomic mass is 35.5. The van der Waals surface area contributed by atoms with E-state index in [9.17, 15) is 14.4 Å². The van der Waals surface area contributed by atoms with Crippen LogP contribution < -0.4 is 16.0 Å². The maximum Gasteiger partial charge on any atom is 0.272 e. The first kappa shape index (κ1) is 29.0. The topological polar surface area (TPSA) is 87.3 Å². The van der Waals surface area contributed by atoms with Crippen molar-refractivity contribution < 1.29 is 14.4 Å². The lowest BCUT2D eigenvalue weighted by Gasteiger charge is -2.13. The second kappa shape index (κ2) is 13.8. The lowest BCUT2D eigenvalue weighted by molar-refractivity contribution is -0.114. The van der Waals surface area contributed by atoms with Gasteiger partial charge < -0.3 is 16.0 Å². The highest BCUT2D eigenvalue weighted by Crippen LogP contribution is 2.27. The summed E-state index contributed by atoms with van der Waals surface area (Å²) < 4.78 is 0. The van der Waals surface area contributed by atoms with Crippen LogP contribution in [-0.4, -0.2) is 23.5 Å². The van der Waals surface area contributed by atoms with Crippen molar-refractivity contribution in [3.05, 3.63) is 129 Å². The van der Waals surface area contributed by atoms with Gasteiger partial charge in [0.05, 0.1) is 16.5 Å². The van der Waals surface area contributed by atoms with Crippen molar-refractivity contribution in [2.75, 3.05) is 16.4 Å². The molecule has 40 heavy (non-hydrogen) atoms. The predicted molar refractivity (Wildman–Crippen MR) is 164 cm³/mol. The molecule has 0 heterocycles. The van der Waals surface area contributed by atoms with Crippen molar-refractivity contribution in [2.24, 2.45) is 0 Å². The van der Waals surface area contributed by atoms with Crippen LogP contribution in [0.4, 0.5) is 11.4 Å². The Kier molecular flexibility index (Phi) is 10.0. The van der Waals surface area contributed by atoms with Gasteiger partial charge in [-0.25, -0.2) is 0 Å². The van der Waals surface area contributed by atoms with E-state index < -0.39 is 11.8 Å². The molecule has 4 aromatic carbocycles. The summed E-state index contributed by atoms with van der Waals surface area (Å²) in [6.45, 7) is 1.93. The number of halogens is 2. The molecule has 9 heteroatoms. The van der Waals surface area contributed by atoms with Gasteiger partial charge in [0.15, 0.2) is 0 Å². The average Bonchev–Trinajstić information content (AvgIpc) is 2.95. The number of aryl methyl sites for hydroxylation is 1. The molecule has 0 aliphatic carbocycles. The number of amides is 3. The van der Waals surface area contributed by atoms with Gasteiger partial charge in [-0.2, -0.15) is 0 Å². The molecule has 3 amide bonds. The minimum absolute atomic E-state index is 0.0976. The molecule has 0 fully saturated rings. The zero-order chi connectivity index (χ0) is 28.5. The molecule has 4 aromatic rings. The van der Waals surface area contributed by atoms with E-state index in [1.165, 1.54) is 11.8 Å². The zero-order valence-corrected chi connectivity index (χ0v) is 23.7. The summed E-state index contributed by atoms with van der Waals surface area (Å²) in [5.41, 5.74) is 3.28. The summed E-state index contributed by atoms with van der Waals surface area (Å²) in [4.78, 5) is 39.4. The molecule has 3 N–H and O–H groups in total. The number of anilines is 2. The third-order valence-electron chi connectivity index (χ3n) is 5.68. The zero-order valence-electron chi connectivity index (χ0n) is 21.4. The number of thioether (sulfide) groups is 1. The van der Waals surface area contributed by atoms with E-state index in [0.29, 0.717) is 27.0 Å². The van der Waals surface area contributed by atoms with Crippen LogP contribution in [0.15, 0.2) is 108 Å². The Labute approximate surface area is 246 Å². The minimum Gasteiger partial charge on any atom is -0.324 e. The Morgan fingerprint density at radius 2 is 1.57 bits per heavy atom. The quantitative estimate of drug-likeness (QED) is 0.140. The van der Waals surface area contributed by atoms with Crippen LogP contribution in [0.25, 0.3) is 6.08 Å². The van der Waals surface area contributed by atoms with E-state index >= 15 is 0 Å². The van der Waals surface area contributed by atoms with Crippen molar-refractivity contribution >= 4 is 70.1 Å². The normalized spacial score (nSPS) is 11.0. The van der Waals surface area contributed by atoms with E-state index in [1.54, 1.807) is 66.7 Å². The van der Waals surface area contributed by atoms with E-state index in [4.69, 9.17) is 23.2 Å². The lowest BCUT2D eigenvalue weighted by atomic mass is 10.1. The van der Waals surface area contributed by atoms with Crippen LogP contribution in [0.2, 0.25) is 10.0 Å². The van der Waals surface area contributed by atoms with Crippen molar-refractivity contribution in [1.82, 2.24) is 5.32 Å². The molecular formula is C31H25Cl2N3O3S. The highest BCUT2D eigenvalue weighted by Gasteiger charge is 2.16. The van der Waals surface area contributed by atoms with Crippen LogP contribution in [-0.2, 0) is 9.59 Å². The molecule has 0 saturated carbocycles. The number of hydrogen-bond donors (Lipinski definition) is 3. The molecule has 0 saturated heterocycles. The van der Waals surface area contributed by atoms with Crippen molar-refractivity contribution in [2.45, 2.75) is 11.8 Å². The fraction of sp³-hybridized carbons (Fsp3) is 0.0645. The van der Waals surface area contributed by atoms with Gasteiger partial charge >= 0.3 is 0 Å². The summed E-state index contributed by atoms with van der Waals surface area (Å²) in [5.74, 6) is -0.991. The third kappa shape index (κ3) is 8.23. The van der Waals surface area contributed by atoms with Crippen LogP contribution in [0.3, 0.4) is 0 Å². The molecule has 0 unspecified atom stereocenters. The first-order chi connectivity index (χ1) is 19.3. The fourth-order valence-electron chi connectivity index (χ4n) is 3.63. The standard InChI is InChI=1S/C31H25Cl2N3O3S/c1-20-8-5-6-11-22(20)16-28(36-30(38)21-9-3-2-4-10-21)31(39)34-24-12-7-13-25(18-24)40-19-29(37)35-27-15-14-23(32)17-26(27)33/h2-18H,19H2,1H3,(H,34,39)(H,35,37)(H,36,38)/b28-16-. The Balaban J connectivity index is 1.45. The second-order valence-electron chi connectivity index (χ2n) is 8.68. The van der Waals surface area contributed by atoms with Gasteiger partial charge in [0, 0.05) is 21.2 Å². The molecule has 0 radical (unpaired) electrons. The van der Waals surface area contributed by atoms with Crippen LogP contribution >= 0.6 is 35.0 Å². The molecule has 0 bridgehead atoms. The predicted octanol–water partition coefficient (Wildman–Crippen LogP) is 7.44. The largest absolute Gasteiger partial charge is 0.324 e. The summed E-state index contributed by atoms with van der Waals surface area (Å²) >= 11 is 13.3. The van der Waals surface area contributed by atoms with E-state index in [1.807, 2.05) is 43.3 Å². The van der Waals surface area contributed by atoms with Gasteiger partial charge in [-0.15, -0.1) is 11.8 Å². The van der Waals surface area contributed by atoms with Crippen LogP contribution in [0.1, 0.15) is 21.5 Å². The summed E-state index contributed by atoms with van der Waals surface area (Å²) in [5, 5.41) is 9.19. The third-order valence-corrected chi connectivity index (χ3v) is 7.23. The summed E-state index contributed by atoms with van der Waals surface area (Å²) in [6, 6.07) is 28.2. The number of rotatable bonds is 9. The average molecular weight is 591 g/mol. The molecule has 0 spiro atoms. The second-order valence-corrected chi connectivity index (χ2v) is 10.6. The fourth-order valence-corrected chi connectivity index (χ4v) is 4.85. The molecule has 0 atom stereocenters. The molecule has 4 rings (SSSR count). The number of hydrogen-bond acceptors (Lipinski definition) is 4. The first-order valence-corrected chi connectivity index (χ1v) is 14.0. The smallest absolute Gasteiger partial charge is 0.272 e. The molecule has 202 valence electrons. The summed E-state index contributed by atoms with van der Waals surface area (Å²) in [7, 11) is 0. The van der Waals surface area contributed by atoms with Crippen molar-refractivity contribution in [3.8, 4) is 0 Å². The van der Waals surface area contributed by atoms with Gasteiger partial charge in [-0.05, 0) is 72.7 Å². The van der Waals surface area contributed by atoms with Gasteiger partial charge in [0.25, 0.3) is 11.8 Å². The maximum atomic E-state index is 13.3. The molecule has 0 aromatic heterocycles. The van der Waals surface area contributed by atoms with E-state index in [-0.39, 0.29) is 17.4 Å². The Morgan fingerprint density at radius 3 is 2.33 bits per heavy atom. The number of benzene rings is 4. The molecular weight excluding hydrogens is 565 g/mol. The monoisotopic (exact) mass is 589 g/mol. The molecule has 0 aliphatic rings. The number of carbonyl (C=O) groups is 3. The number of carbonyl (C=O) groups excluding carboxylic acids is 3. The maximum absolute atomic E-state index is 13.3. The van der Waals surface area contributed by atoms with Crippen LogP contribution in [0.5, 0.6) is 0 Å². The van der Waals surface area contributed by atoms with Crippen molar-refractivity contribution in [1.29, 1.82) is 0 Å². The van der Waals surface area contributed by atoms with Crippen LogP contribution in [0, 0.1) is 6.92 Å². The van der Waals surface area contributed by atoms with E-state index in [0.717, 1.165) is 16.0 Å². The Morgan fingerprint density at radius 1 is 0.825 bits per heavy atom. The van der Waals surface area contributed by atoms with Gasteiger partial charge in [0.1, 0.15) is 5.70 Å². The first-order valence-electron chi connectivity index (χ1n) is 12.2. The van der Waals surface area contributed by atoms with Gasteiger partial charge in [-0.3, -0.25) is 14.4 Å². The minimum atomic E-state index is -0.482. The molecule has 0 aliphatic heterocycles. The van der Waals surface area contributed by atoms with Gasteiger partial charge in [-0.1, -0.05) is 71.7 Å². The SMILES string of the molecule is Cc1ccccc1/C=C(\NC(=O)c1ccccc1)C(=O)Nc1cccc(SCC(=O)Nc2ccc(Cl)cc2Cl)c1. The van der Waals surface area contributed by atoms with Gasteiger partial charge in [0.2, 0.25) is 5.91 Å². The Hall–Kier alpha value is -4.04. The molecule has 6 nitrogen and oxygen atoms in total. The highest BCUT2D eigenvalue weighted by molar-refractivity contribution is 8.00. The summed E-state index contributed by atoms with van der Waals surface area (Å²) in [6.07, 6.45) is 1.65. The Bertz CT molecular complexity index is 1580.